The third-order valence-corrected chi connectivity index (χ3v) is 5.50. The summed E-state index contributed by atoms with van der Waals surface area (Å²) in [5.74, 6) is 0.0299. The molecule has 0 aromatic carbocycles. The minimum absolute atomic E-state index is 0. The fourth-order valence-electron chi connectivity index (χ4n) is 2.45. The first-order valence-corrected chi connectivity index (χ1v) is 8.92. The van der Waals surface area contributed by atoms with Crippen molar-refractivity contribution >= 4 is 28.3 Å². The second-order valence-corrected chi connectivity index (χ2v) is 8.76. The molecule has 3 N–H and O–H groups in total. The van der Waals surface area contributed by atoms with Crippen LogP contribution >= 0.6 is 12.4 Å². The zero-order valence-corrected chi connectivity index (χ0v) is 16.7. The van der Waals surface area contributed by atoms with Crippen LogP contribution in [0, 0.1) is 12.8 Å². The van der Waals surface area contributed by atoms with E-state index < -0.39 is 21.5 Å². The Morgan fingerprint density at radius 2 is 1.96 bits per heavy atom. The van der Waals surface area contributed by atoms with E-state index in [1.165, 1.54) is 27.1 Å². The molecule has 1 unspecified atom stereocenters. The Morgan fingerprint density at radius 1 is 1.42 bits per heavy atom. The van der Waals surface area contributed by atoms with Gasteiger partial charge in [0, 0.05) is 26.7 Å². The molecular weight excluding hydrogens is 354 g/mol. The van der Waals surface area contributed by atoms with Gasteiger partial charge in [-0.25, -0.2) is 12.7 Å². The summed E-state index contributed by atoms with van der Waals surface area (Å²) in [6.07, 6.45) is 0.706. The average molecular weight is 382 g/mol. The first-order chi connectivity index (χ1) is 10.4. The number of furan rings is 1. The maximum Gasteiger partial charge on any atom is 0.287 e. The van der Waals surface area contributed by atoms with Crippen LogP contribution in [0.15, 0.2) is 15.4 Å². The van der Waals surface area contributed by atoms with E-state index in [-0.39, 0.29) is 35.4 Å². The van der Waals surface area contributed by atoms with Crippen LogP contribution in [0.5, 0.6) is 0 Å². The van der Waals surface area contributed by atoms with Crippen LogP contribution in [0.25, 0.3) is 0 Å². The second kappa shape index (κ2) is 8.33. The fourth-order valence-corrected chi connectivity index (χ4v) is 3.51. The maximum atomic E-state index is 12.4. The molecule has 0 radical (unpaired) electrons. The van der Waals surface area contributed by atoms with Gasteiger partial charge in [-0.2, -0.15) is 0 Å². The van der Waals surface area contributed by atoms with Crippen LogP contribution in [-0.4, -0.2) is 44.8 Å². The van der Waals surface area contributed by atoms with Gasteiger partial charge >= 0.3 is 0 Å². The van der Waals surface area contributed by atoms with E-state index in [4.69, 9.17) is 10.2 Å². The Morgan fingerprint density at radius 3 is 2.38 bits per heavy atom. The van der Waals surface area contributed by atoms with E-state index in [1.807, 2.05) is 20.8 Å². The van der Waals surface area contributed by atoms with E-state index in [9.17, 15) is 13.2 Å². The normalized spacial score (nSPS) is 14.4. The number of hydrogen-bond acceptors (Lipinski definition) is 5. The van der Waals surface area contributed by atoms with Crippen molar-refractivity contribution < 1.29 is 17.6 Å². The second-order valence-electron chi connectivity index (χ2n) is 6.64. The number of halogens is 1. The van der Waals surface area contributed by atoms with Crippen LogP contribution in [0.1, 0.15) is 43.5 Å². The highest BCUT2D eigenvalue weighted by molar-refractivity contribution is 7.89. The van der Waals surface area contributed by atoms with Crippen molar-refractivity contribution in [2.45, 2.75) is 44.6 Å². The summed E-state index contributed by atoms with van der Waals surface area (Å²) in [4.78, 5) is 12.4. The summed E-state index contributed by atoms with van der Waals surface area (Å²) in [5.41, 5.74) is 5.20. The number of nitrogens with one attached hydrogen (secondary N) is 1. The minimum Gasteiger partial charge on any atom is -0.455 e. The van der Waals surface area contributed by atoms with E-state index >= 15 is 0 Å². The highest BCUT2D eigenvalue weighted by Gasteiger charge is 2.30. The number of carbonyl (C=O) groups is 1. The quantitative estimate of drug-likeness (QED) is 0.748. The molecule has 0 saturated carbocycles. The number of amides is 1. The molecule has 1 aromatic rings. The largest absolute Gasteiger partial charge is 0.455 e. The molecule has 140 valence electrons. The van der Waals surface area contributed by atoms with Crippen molar-refractivity contribution in [1.29, 1.82) is 0 Å². The fraction of sp³-hybridized carbons (Fsp3) is 0.667. The molecule has 1 atom stereocenters. The average Bonchev–Trinajstić information content (AvgIpc) is 2.80. The number of hydrogen-bond donors (Lipinski definition) is 2. The Balaban J connectivity index is 0.00000529. The van der Waals surface area contributed by atoms with Gasteiger partial charge in [-0.3, -0.25) is 4.79 Å². The highest BCUT2D eigenvalue weighted by Crippen LogP contribution is 2.23. The molecule has 1 amide bonds. The van der Waals surface area contributed by atoms with Crippen LogP contribution in [0.2, 0.25) is 0 Å². The van der Waals surface area contributed by atoms with Gasteiger partial charge in [0.15, 0.2) is 5.76 Å². The Labute approximate surface area is 150 Å². The van der Waals surface area contributed by atoms with Gasteiger partial charge in [0.2, 0.25) is 10.0 Å². The van der Waals surface area contributed by atoms with Crippen molar-refractivity contribution in [3.63, 3.8) is 0 Å². The lowest BCUT2D eigenvalue weighted by Gasteiger charge is -2.30. The smallest absolute Gasteiger partial charge is 0.287 e. The SMILES string of the molecule is Cc1oc(C(=O)NC(C)(CN)CC(C)C)cc1S(=O)(=O)N(C)C.Cl. The predicted octanol–water partition coefficient (Wildman–Crippen LogP) is 1.75. The van der Waals surface area contributed by atoms with Gasteiger partial charge in [-0.1, -0.05) is 13.8 Å². The summed E-state index contributed by atoms with van der Waals surface area (Å²) >= 11 is 0. The molecule has 7 nitrogen and oxygen atoms in total. The molecule has 1 aromatic heterocycles. The molecule has 9 heteroatoms. The molecule has 0 spiro atoms. The van der Waals surface area contributed by atoms with E-state index in [2.05, 4.69) is 5.32 Å². The third kappa shape index (κ3) is 5.20. The zero-order chi connectivity index (χ0) is 18.0. The Kier molecular flexibility index (Phi) is 7.95. The van der Waals surface area contributed by atoms with Crippen molar-refractivity contribution in [1.82, 2.24) is 9.62 Å². The first-order valence-electron chi connectivity index (χ1n) is 7.48. The van der Waals surface area contributed by atoms with E-state index in [0.717, 1.165) is 4.31 Å². The predicted molar refractivity (Wildman–Crippen MR) is 95.9 cm³/mol. The Hall–Kier alpha value is -1.09. The lowest BCUT2D eigenvalue weighted by Crippen LogP contribution is -2.52. The molecule has 0 aliphatic rings. The number of aryl methyl sites for hydroxylation is 1. The van der Waals surface area contributed by atoms with E-state index in [1.54, 1.807) is 0 Å². The summed E-state index contributed by atoms with van der Waals surface area (Å²) in [5, 5.41) is 2.85. The van der Waals surface area contributed by atoms with Crippen molar-refractivity contribution in [3.05, 3.63) is 17.6 Å². The molecule has 0 bridgehead atoms. The van der Waals surface area contributed by atoms with Gasteiger partial charge in [0.25, 0.3) is 5.91 Å². The number of sulfonamides is 1. The molecule has 0 saturated heterocycles. The lowest BCUT2D eigenvalue weighted by atomic mass is 9.90. The van der Waals surface area contributed by atoms with Gasteiger partial charge in [-0.15, -0.1) is 12.4 Å². The number of nitrogens with zero attached hydrogens (tertiary/aromatic N) is 1. The Bertz CT molecular complexity index is 670. The molecule has 24 heavy (non-hydrogen) atoms. The van der Waals surface area contributed by atoms with Gasteiger partial charge in [0.05, 0.1) is 5.54 Å². The molecule has 0 aliphatic carbocycles. The number of carbonyl (C=O) groups excluding carboxylic acids is 1. The molecule has 0 aliphatic heterocycles. The lowest BCUT2D eigenvalue weighted by molar-refractivity contribution is 0.0868. The van der Waals surface area contributed by atoms with Crippen LogP contribution in [0.4, 0.5) is 0 Å². The summed E-state index contributed by atoms with van der Waals surface area (Å²) in [7, 11) is -0.801. The van der Waals surface area contributed by atoms with Crippen LogP contribution in [-0.2, 0) is 10.0 Å². The monoisotopic (exact) mass is 381 g/mol. The zero-order valence-electron chi connectivity index (χ0n) is 15.0. The summed E-state index contributed by atoms with van der Waals surface area (Å²) < 4.78 is 30.8. The highest BCUT2D eigenvalue weighted by atomic mass is 35.5. The summed E-state index contributed by atoms with van der Waals surface area (Å²) in [6.45, 7) is 7.73. The standard InChI is InChI=1S/C15H27N3O4S.ClH/c1-10(2)8-15(4,9-16)17-14(19)12-7-13(11(3)22-12)23(20,21)18(5)6;/h7,10H,8-9,16H2,1-6H3,(H,17,19);1H. The van der Waals surface area contributed by atoms with Gasteiger partial charge < -0.3 is 15.5 Å². The topological polar surface area (TPSA) is 106 Å². The molecule has 0 fully saturated rings. The molecular formula is C15H28ClN3O4S. The number of nitrogens with two attached hydrogens (primary N) is 1. The van der Waals surface area contributed by atoms with Gasteiger partial charge in [-0.05, 0) is 26.2 Å². The van der Waals surface area contributed by atoms with Crippen LogP contribution < -0.4 is 11.1 Å². The molecule has 1 rings (SSSR count). The van der Waals surface area contributed by atoms with E-state index in [0.29, 0.717) is 12.3 Å². The summed E-state index contributed by atoms with van der Waals surface area (Å²) in [6, 6.07) is 1.26. The molecule has 1 heterocycles. The third-order valence-electron chi connectivity index (χ3n) is 3.58. The van der Waals surface area contributed by atoms with Crippen molar-refractivity contribution in [3.8, 4) is 0 Å². The van der Waals surface area contributed by atoms with Crippen LogP contribution in [0.3, 0.4) is 0 Å². The minimum atomic E-state index is -3.65. The van der Waals surface area contributed by atoms with Gasteiger partial charge in [0.1, 0.15) is 10.7 Å². The first kappa shape index (κ1) is 22.9. The maximum absolute atomic E-state index is 12.4. The van der Waals surface area contributed by atoms with Crippen molar-refractivity contribution in [2.24, 2.45) is 11.7 Å². The van der Waals surface area contributed by atoms with Crippen molar-refractivity contribution in [2.75, 3.05) is 20.6 Å². The number of rotatable bonds is 7.